The van der Waals surface area contributed by atoms with Gasteiger partial charge < -0.3 is 9.84 Å². The maximum atomic E-state index is 13.3. The second-order valence-electron chi connectivity index (χ2n) is 5.89. The van der Waals surface area contributed by atoms with Gasteiger partial charge in [0, 0.05) is 17.8 Å². The minimum absolute atomic E-state index is 0.0253. The Balaban J connectivity index is 2.12. The van der Waals surface area contributed by atoms with Gasteiger partial charge in [0.15, 0.2) is 5.76 Å². The predicted octanol–water partition coefficient (Wildman–Crippen LogP) is 3.20. The Morgan fingerprint density at radius 2 is 1.82 bits per heavy atom. The molecule has 1 aliphatic rings. The van der Waals surface area contributed by atoms with Crippen molar-refractivity contribution in [1.82, 2.24) is 0 Å². The number of ether oxygens (including phenoxy) is 1. The minimum atomic E-state index is -1.08. The maximum Gasteiger partial charge on any atom is 0.340 e. The molecule has 1 amide bonds. The third-order valence-corrected chi connectivity index (χ3v) is 4.23. The first-order chi connectivity index (χ1) is 13.3. The summed E-state index contributed by atoms with van der Waals surface area (Å²) in [6.45, 7) is 1.60. The van der Waals surface area contributed by atoms with Gasteiger partial charge in [-0.05, 0) is 36.8 Å². The van der Waals surface area contributed by atoms with E-state index in [0.29, 0.717) is 5.56 Å². The van der Waals surface area contributed by atoms with Crippen LogP contribution in [0.3, 0.4) is 0 Å². The Labute approximate surface area is 158 Å². The topological polar surface area (TPSA) is 110 Å². The number of aliphatic hydroxyl groups is 1. The molecule has 2 aromatic rings. The molecule has 3 rings (SSSR count). The van der Waals surface area contributed by atoms with Crippen LogP contribution in [0, 0.1) is 15.9 Å². The number of aliphatic hydroxyl groups excluding tert-OH is 1. The summed E-state index contributed by atoms with van der Waals surface area (Å²) in [5.74, 6) is -3.05. The summed E-state index contributed by atoms with van der Waals surface area (Å²) < 4.78 is 18.3. The predicted molar refractivity (Wildman–Crippen MR) is 96.0 cm³/mol. The van der Waals surface area contributed by atoms with Crippen LogP contribution in [0.1, 0.15) is 18.5 Å². The van der Waals surface area contributed by atoms with Crippen molar-refractivity contribution in [2.24, 2.45) is 0 Å². The quantitative estimate of drug-likeness (QED) is 0.480. The van der Waals surface area contributed by atoms with Gasteiger partial charge >= 0.3 is 5.97 Å². The van der Waals surface area contributed by atoms with Gasteiger partial charge in [0.25, 0.3) is 11.6 Å². The van der Waals surface area contributed by atoms with E-state index in [0.717, 1.165) is 17.0 Å². The molecule has 0 saturated carbocycles. The van der Waals surface area contributed by atoms with Crippen molar-refractivity contribution >= 4 is 23.3 Å². The summed E-state index contributed by atoms with van der Waals surface area (Å²) in [7, 11) is 0. The first kappa shape index (κ1) is 19.0. The van der Waals surface area contributed by atoms with E-state index in [4.69, 9.17) is 4.74 Å². The number of amides is 1. The van der Waals surface area contributed by atoms with Crippen molar-refractivity contribution in [3.8, 4) is 0 Å². The van der Waals surface area contributed by atoms with Crippen molar-refractivity contribution in [1.29, 1.82) is 0 Å². The number of benzene rings is 2. The van der Waals surface area contributed by atoms with E-state index in [1.165, 1.54) is 36.4 Å². The van der Waals surface area contributed by atoms with Crippen LogP contribution in [0.4, 0.5) is 15.8 Å². The lowest BCUT2D eigenvalue weighted by Gasteiger charge is -2.26. The Kier molecular flexibility index (Phi) is 5.08. The number of hydrogen-bond donors (Lipinski definition) is 1. The molecule has 9 heteroatoms. The van der Waals surface area contributed by atoms with Gasteiger partial charge in [0.05, 0.1) is 17.6 Å². The SMILES string of the molecule is CCOC(=O)C1=C(O)C(=O)N(c2ccc([N+](=O)[O-])cc2)[C@H]1c1ccc(F)cc1. The number of hydrogen-bond acceptors (Lipinski definition) is 6. The highest BCUT2D eigenvalue weighted by Crippen LogP contribution is 2.41. The van der Waals surface area contributed by atoms with Crippen LogP contribution in [0.5, 0.6) is 0 Å². The molecule has 1 aliphatic heterocycles. The van der Waals surface area contributed by atoms with Crippen LogP contribution in [0.25, 0.3) is 0 Å². The zero-order valence-electron chi connectivity index (χ0n) is 14.7. The third kappa shape index (κ3) is 3.29. The first-order valence-corrected chi connectivity index (χ1v) is 8.28. The van der Waals surface area contributed by atoms with E-state index < -0.39 is 34.4 Å². The van der Waals surface area contributed by atoms with E-state index in [1.54, 1.807) is 6.92 Å². The number of nitrogens with zero attached hydrogens (tertiary/aromatic N) is 2. The Morgan fingerprint density at radius 1 is 1.21 bits per heavy atom. The normalized spacial score (nSPS) is 16.4. The summed E-state index contributed by atoms with van der Waals surface area (Å²) in [5.41, 5.74) is 0.115. The fourth-order valence-corrected chi connectivity index (χ4v) is 2.98. The average Bonchev–Trinajstić information content (AvgIpc) is 2.94. The Morgan fingerprint density at radius 3 is 2.36 bits per heavy atom. The molecule has 0 saturated heterocycles. The highest BCUT2D eigenvalue weighted by Gasteiger charge is 2.45. The molecule has 0 aromatic heterocycles. The van der Waals surface area contributed by atoms with Crippen LogP contribution < -0.4 is 4.90 Å². The number of nitro groups is 1. The van der Waals surface area contributed by atoms with Gasteiger partial charge in [-0.25, -0.2) is 9.18 Å². The van der Waals surface area contributed by atoms with E-state index in [-0.39, 0.29) is 23.6 Å². The van der Waals surface area contributed by atoms with E-state index in [2.05, 4.69) is 0 Å². The first-order valence-electron chi connectivity index (χ1n) is 8.28. The number of carbonyl (C=O) groups excluding carboxylic acids is 2. The number of rotatable bonds is 5. The molecular formula is C19H15FN2O6. The largest absolute Gasteiger partial charge is 0.503 e. The summed E-state index contributed by atoms with van der Waals surface area (Å²) >= 11 is 0. The summed E-state index contributed by atoms with van der Waals surface area (Å²) in [6.07, 6.45) is 0. The smallest absolute Gasteiger partial charge is 0.340 e. The third-order valence-electron chi connectivity index (χ3n) is 4.23. The van der Waals surface area contributed by atoms with Crippen LogP contribution in [0.2, 0.25) is 0 Å². The van der Waals surface area contributed by atoms with Gasteiger partial charge in [-0.3, -0.25) is 19.8 Å². The van der Waals surface area contributed by atoms with Crippen LogP contribution >= 0.6 is 0 Å². The molecule has 8 nitrogen and oxygen atoms in total. The molecule has 1 N–H and O–H groups in total. The number of halogens is 1. The number of nitro benzene ring substituents is 1. The zero-order valence-corrected chi connectivity index (χ0v) is 14.7. The van der Waals surface area contributed by atoms with Crippen molar-refractivity contribution in [2.75, 3.05) is 11.5 Å². The number of esters is 1. The lowest BCUT2D eigenvalue weighted by Crippen LogP contribution is -2.31. The molecule has 0 fully saturated rings. The van der Waals surface area contributed by atoms with Crippen LogP contribution in [0.15, 0.2) is 59.9 Å². The maximum absolute atomic E-state index is 13.3. The highest BCUT2D eigenvalue weighted by molar-refractivity contribution is 6.15. The Hall–Kier alpha value is -3.75. The molecule has 1 heterocycles. The van der Waals surface area contributed by atoms with E-state index >= 15 is 0 Å². The minimum Gasteiger partial charge on any atom is -0.503 e. The Bertz CT molecular complexity index is 969. The van der Waals surface area contributed by atoms with E-state index in [1.807, 2.05) is 0 Å². The molecule has 0 bridgehead atoms. The van der Waals surface area contributed by atoms with E-state index in [9.17, 15) is 29.2 Å². The molecule has 2 aromatic carbocycles. The molecule has 1 atom stereocenters. The summed E-state index contributed by atoms with van der Waals surface area (Å²) in [6, 6.07) is 9.05. The average molecular weight is 386 g/mol. The standard InChI is InChI=1S/C19H15FN2O6/c1-2-28-19(25)15-16(11-3-5-12(20)6-4-11)21(18(24)17(15)23)13-7-9-14(10-8-13)22(26)27/h3-10,16,23H,2H2,1H3/t16-/m0/s1. The van der Waals surface area contributed by atoms with Crippen molar-refractivity contribution in [3.63, 3.8) is 0 Å². The molecule has 28 heavy (non-hydrogen) atoms. The lowest BCUT2D eigenvalue weighted by molar-refractivity contribution is -0.384. The molecule has 0 unspecified atom stereocenters. The van der Waals surface area contributed by atoms with Crippen molar-refractivity contribution < 1.29 is 28.7 Å². The fraction of sp³-hybridized carbons (Fsp3) is 0.158. The van der Waals surface area contributed by atoms with Crippen molar-refractivity contribution in [3.05, 3.63) is 81.4 Å². The van der Waals surface area contributed by atoms with Crippen molar-refractivity contribution in [2.45, 2.75) is 13.0 Å². The second-order valence-corrected chi connectivity index (χ2v) is 5.89. The summed E-state index contributed by atoms with van der Waals surface area (Å²) in [4.78, 5) is 36.5. The van der Waals surface area contributed by atoms with Gasteiger partial charge in [0.2, 0.25) is 0 Å². The van der Waals surface area contributed by atoms with Crippen LogP contribution in [-0.2, 0) is 14.3 Å². The molecule has 0 radical (unpaired) electrons. The van der Waals surface area contributed by atoms with Gasteiger partial charge in [0.1, 0.15) is 11.4 Å². The number of non-ortho nitro benzene ring substituents is 1. The summed E-state index contributed by atoms with van der Waals surface area (Å²) in [5, 5.41) is 21.2. The van der Waals surface area contributed by atoms with Gasteiger partial charge in [-0.2, -0.15) is 0 Å². The zero-order chi connectivity index (χ0) is 20.4. The van der Waals surface area contributed by atoms with Crippen LogP contribution in [-0.4, -0.2) is 28.5 Å². The number of anilines is 1. The highest BCUT2D eigenvalue weighted by atomic mass is 19.1. The lowest BCUT2D eigenvalue weighted by atomic mass is 9.99. The molecule has 0 aliphatic carbocycles. The molecule has 0 spiro atoms. The molecular weight excluding hydrogens is 371 g/mol. The monoisotopic (exact) mass is 386 g/mol. The van der Waals surface area contributed by atoms with Gasteiger partial charge in [-0.15, -0.1) is 0 Å². The number of carbonyl (C=O) groups is 2. The second kappa shape index (κ2) is 7.47. The fourth-order valence-electron chi connectivity index (χ4n) is 2.98. The van der Waals surface area contributed by atoms with Gasteiger partial charge in [-0.1, -0.05) is 12.1 Å². The molecule has 144 valence electrons.